The van der Waals surface area contributed by atoms with Crippen LogP contribution in [0.5, 0.6) is 0 Å². The van der Waals surface area contributed by atoms with E-state index in [0.29, 0.717) is 5.92 Å². The molecule has 4 nitrogen and oxygen atoms in total. The molecular formula is C18H26N2O2S. The lowest BCUT2D eigenvalue weighted by atomic mass is 10.0. The standard InChI is InChI=1S/C18H26N2O2S/c1-12(2)6-16-4-5-17(23-16)10-20-9-14(18(21)11-20)8-15-7-13(3)19-22-15/h4-5,7,12,14,18,21H,6,8-11H2,1-3H3/t14-,18-/m1/s1. The maximum Gasteiger partial charge on any atom is 0.137 e. The van der Waals surface area contributed by atoms with Crippen LogP contribution >= 0.6 is 11.3 Å². The van der Waals surface area contributed by atoms with Gasteiger partial charge in [0.05, 0.1) is 11.8 Å². The summed E-state index contributed by atoms with van der Waals surface area (Å²) >= 11 is 1.91. The lowest BCUT2D eigenvalue weighted by molar-refractivity contribution is 0.137. The van der Waals surface area contributed by atoms with Gasteiger partial charge in [0.25, 0.3) is 0 Å². The van der Waals surface area contributed by atoms with Gasteiger partial charge in [0.2, 0.25) is 0 Å². The Morgan fingerprint density at radius 3 is 2.83 bits per heavy atom. The third-order valence-electron chi connectivity index (χ3n) is 4.33. The number of nitrogens with zero attached hydrogens (tertiary/aromatic N) is 2. The van der Waals surface area contributed by atoms with Gasteiger partial charge < -0.3 is 9.63 Å². The van der Waals surface area contributed by atoms with Crippen molar-refractivity contribution >= 4 is 11.3 Å². The number of hydrogen-bond acceptors (Lipinski definition) is 5. The average Bonchev–Trinajstić information content (AvgIpc) is 3.14. The molecule has 0 saturated carbocycles. The van der Waals surface area contributed by atoms with Gasteiger partial charge in [0.1, 0.15) is 5.76 Å². The van der Waals surface area contributed by atoms with E-state index in [1.165, 1.54) is 9.75 Å². The van der Waals surface area contributed by atoms with Crippen LogP contribution in [0.4, 0.5) is 0 Å². The maximum absolute atomic E-state index is 10.3. The van der Waals surface area contributed by atoms with Gasteiger partial charge in [-0.25, -0.2) is 0 Å². The number of aliphatic hydroxyl groups excluding tert-OH is 1. The van der Waals surface area contributed by atoms with Crippen molar-refractivity contribution in [3.05, 3.63) is 39.4 Å². The highest BCUT2D eigenvalue weighted by atomic mass is 32.1. The first kappa shape index (κ1) is 16.7. The average molecular weight is 334 g/mol. The van der Waals surface area contributed by atoms with Crippen LogP contribution < -0.4 is 0 Å². The zero-order valence-corrected chi connectivity index (χ0v) is 15.0. The minimum atomic E-state index is -0.282. The monoisotopic (exact) mass is 334 g/mol. The van der Waals surface area contributed by atoms with E-state index < -0.39 is 0 Å². The molecule has 0 aliphatic carbocycles. The van der Waals surface area contributed by atoms with Gasteiger partial charge in [0, 0.05) is 47.8 Å². The van der Waals surface area contributed by atoms with Gasteiger partial charge in [-0.2, -0.15) is 0 Å². The van der Waals surface area contributed by atoms with Gasteiger partial charge in [-0.1, -0.05) is 19.0 Å². The quantitative estimate of drug-likeness (QED) is 0.881. The number of rotatable bonds is 6. The minimum absolute atomic E-state index is 0.234. The first-order valence-corrected chi connectivity index (χ1v) is 9.21. The van der Waals surface area contributed by atoms with E-state index in [1.54, 1.807) is 0 Å². The SMILES string of the molecule is Cc1cc(C[C@@H]2CN(Cc3ccc(CC(C)C)s3)C[C@H]2O)on1. The summed E-state index contributed by atoms with van der Waals surface area (Å²) in [6.45, 7) is 9.03. The highest BCUT2D eigenvalue weighted by Gasteiger charge is 2.32. The van der Waals surface area contributed by atoms with Crippen molar-refractivity contribution in [1.29, 1.82) is 0 Å². The van der Waals surface area contributed by atoms with Crippen molar-refractivity contribution < 1.29 is 9.63 Å². The smallest absolute Gasteiger partial charge is 0.137 e. The molecule has 1 aliphatic heterocycles. The van der Waals surface area contributed by atoms with Crippen molar-refractivity contribution in [3.8, 4) is 0 Å². The first-order chi connectivity index (χ1) is 11.0. The predicted molar refractivity (Wildman–Crippen MR) is 92.6 cm³/mol. The van der Waals surface area contributed by atoms with E-state index in [0.717, 1.165) is 43.9 Å². The Hall–Kier alpha value is -1.17. The molecule has 2 atom stereocenters. The number of aryl methyl sites for hydroxylation is 1. The number of β-amino-alcohol motifs (C(OH)–C–C–N with tert-alkyl or cyclic N) is 1. The molecule has 2 aromatic rings. The molecule has 0 unspecified atom stereocenters. The van der Waals surface area contributed by atoms with Crippen LogP contribution in [0.2, 0.25) is 0 Å². The molecule has 2 aromatic heterocycles. The molecule has 3 heterocycles. The Balaban J connectivity index is 1.54. The van der Waals surface area contributed by atoms with Crippen LogP contribution in [0, 0.1) is 18.8 Å². The Kier molecular flexibility index (Phi) is 5.19. The Morgan fingerprint density at radius 1 is 1.35 bits per heavy atom. The number of hydrogen-bond donors (Lipinski definition) is 1. The summed E-state index contributed by atoms with van der Waals surface area (Å²) in [5.74, 6) is 1.81. The summed E-state index contributed by atoms with van der Waals surface area (Å²) in [4.78, 5) is 5.20. The fourth-order valence-electron chi connectivity index (χ4n) is 3.28. The topological polar surface area (TPSA) is 49.5 Å². The summed E-state index contributed by atoms with van der Waals surface area (Å²) in [6, 6.07) is 6.45. The highest BCUT2D eigenvalue weighted by Crippen LogP contribution is 2.26. The van der Waals surface area contributed by atoms with E-state index >= 15 is 0 Å². The number of aliphatic hydroxyl groups is 1. The maximum atomic E-state index is 10.3. The van der Waals surface area contributed by atoms with Crippen LogP contribution in [-0.4, -0.2) is 34.4 Å². The second kappa shape index (κ2) is 7.16. The van der Waals surface area contributed by atoms with Gasteiger partial charge >= 0.3 is 0 Å². The second-order valence-electron chi connectivity index (χ2n) is 7.13. The lowest BCUT2D eigenvalue weighted by Crippen LogP contribution is -2.20. The second-order valence-corrected chi connectivity index (χ2v) is 8.38. The molecule has 0 spiro atoms. The molecule has 5 heteroatoms. The summed E-state index contributed by atoms with van der Waals surface area (Å²) in [7, 11) is 0. The predicted octanol–water partition coefficient (Wildman–Crippen LogP) is 3.28. The number of aromatic nitrogens is 1. The summed E-state index contributed by atoms with van der Waals surface area (Å²) < 4.78 is 5.29. The van der Waals surface area contributed by atoms with Gasteiger partial charge in [-0.3, -0.25) is 4.90 Å². The molecule has 0 radical (unpaired) electrons. The number of likely N-dealkylation sites (tertiary alicyclic amines) is 1. The number of thiophene rings is 1. The van der Waals surface area contributed by atoms with Crippen molar-refractivity contribution in [2.75, 3.05) is 13.1 Å². The van der Waals surface area contributed by atoms with Gasteiger partial charge in [-0.05, 0) is 31.4 Å². The molecule has 126 valence electrons. The zero-order valence-electron chi connectivity index (χ0n) is 14.2. The normalized spacial score (nSPS) is 22.3. The van der Waals surface area contributed by atoms with Crippen LogP contribution in [0.3, 0.4) is 0 Å². The van der Waals surface area contributed by atoms with E-state index in [4.69, 9.17) is 4.52 Å². The minimum Gasteiger partial charge on any atom is -0.391 e. The molecule has 0 bridgehead atoms. The largest absolute Gasteiger partial charge is 0.391 e. The summed E-state index contributed by atoms with van der Waals surface area (Å²) in [5, 5.41) is 14.3. The first-order valence-electron chi connectivity index (χ1n) is 8.40. The summed E-state index contributed by atoms with van der Waals surface area (Å²) in [5.41, 5.74) is 0.903. The molecular weight excluding hydrogens is 308 g/mol. The molecule has 23 heavy (non-hydrogen) atoms. The molecule has 1 fully saturated rings. The fourth-order valence-corrected chi connectivity index (χ4v) is 4.55. The summed E-state index contributed by atoms with van der Waals surface area (Å²) in [6.07, 6.45) is 1.64. The van der Waals surface area contributed by atoms with Crippen LogP contribution in [0.25, 0.3) is 0 Å². The fraction of sp³-hybridized carbons (Fsp3) is 0.611. The van der Waals surface area contributed by atoms with Crippen LogP contribution in [0.1, 0.15) is 35.1 Å². The third kappa shape index (κ3) is 4.43. The van der Waals surface area contributed by atoms with Gasteiger partial charge in [-0.15, -0.1) is 11.3 Å². The molecule has 0 amide bonds. The molecule has 1 aliphatic rings. The van der Waals surface area contributed by atoms with Crippen molar-refractivity contribution in [2.24, 2.45) is 11.8 Å². The van der Waals surface area contributed by atoms with Crippen LogP contribution in [-0.2, 0) is 19.4 Å². The van der Waals surface area contributed by atoms with Crippen molar-refractivity contribution in [2.45, 2.75) is 46.3 Å². The lowest BCUT2D eigenvalue weighted by Gasteiger charge is -2.13. The molecule has 1 N–H and O–H groups in total. The molecule has 0 aromatic carbocycles. The Bertz CT molecular complexity index is 635. The Morgan fingerprint density at radius 2 is 2.13 bits per heavy atom. The van der Waals surface area contributed by atoms with Crippen LogP contribution in [0.15, 0.2) is 22.7 Å². The zero-order chi connectivity index (χ0) is 16.4. The molecule has 3 rings (SSSR count). The molecule has 1 saturated heterocycles. The van der Waals surface area contributed by atoms with E-state index in [9.17, 15) is 5.11 Å². The third-order valence-corrected chi connectivity index (χ3v) is 5.42. The Labute approximate surface area is 142 Å². The van der Waals surface area contributed by atoms with E-state index in [1.807, 2.05) is 24.3 Å². The highest BCUT2D eigenvalue weighted by molar-refractivity contribution is 7.11. The van der Waals surface area contributed by atoms with Gasteiger partial charge in [0.15, 0.2) is 0 Å². The van der Waals surface area contributed by atoms with E-state index in [-0.39, 0.29) is 12.0 Å². The van der Waals surface area contributed by atoms with E-state index in [2.05, 4.69) is 36.0 Å². The van der Waals surface area contributed by atoms with Crippen molar-refractivity contribution in [3.63, 3.8) is 0 Å². The van der Waals surface area contributed by atoms with Crippen molar-refractivity contribution in [1.82, 2.24) is 10.1 Å².